The van der Waals surface area contributed by atoms with Crippen molar-refractivity contribution in [2.24, 2.45) is 0 Å². The third-order valence-electron chi connectivity index (χ3n) is 2.46. The largest absolute Gasteiger partial charge is 0.545 e. The van der Waals surface area contributed by atoms with Gasteiger partial charge in [-0.2, -0.15) is 0 Å². The lowest BCUT2D eigenvalue weighted by Crippen LogP contribution is -2.22. The maximum atomic E-state index is 10.7. The van der Waals surface area contributed by atoms with Crippen molar-refractivity contribution in [2.45, 2.75) is 33.6 Å². The van der Waals surface area contributed by atoms with Crippen molar-refractivity contribution in [3.63, 3.8) is 0 Å². The third-order valence-corrected chi connectivity index (χ3v) is 2.46. The van der Waals surface area contributed by atoms with Gasteiger partial charge in [0.1, 0.15) is 0 Å². The zero-order valence-electron chi connectivity index (χ0n) is 15.8. The highest BCUT2D eigenvalue weighted by Gasteiger charge is 2.00. The number of hydrogen-bond acceptors (Lipinski definition) is 4. The Labute approximate surface area is 151 Å². The monoisotopic (exact) mass is 349 g/mol. The van der Waals surface area contributed by atoms with Gasteiger partial charge >= 0.3 is 5.97 Å². The molecule has 1 aromatic carbocycles. The molecule has 5 nitrogen and oxygen atoms in total. The van der Waals surface area contributed by atoms with E-state index in [1.165, 1.54) is 12.5 Å². The van der Waals surface area contributed by atoms with E-state index in [-0.39, 0.29) is 17.7 Å². The highest BCUT2D eigenvalue weighted by atomic mass is 16.5. The number of carbonyl (C=O) groups is 2. The number of aliphatic carboxylic acids is 1. The molecule has 1 rings (SSSR count). The number of rotatable bonds is 6. The highest BCUT2D eigenvalue weighted by molar-refractivity contribution is 5.86. The number of benzene rings is 1. The summed E-state index contributed by atoms with van der Waals surface area (Å²) in [6.07, 6.45) is 3.81. The van der Waals surface area contributed by atoms with Gasteiger partial charge in [0, 0.05) is 5.57 Å². The first-order chi connectivity index (χ1) is 11.3. The number of carboxylic acids is 1. The van der Waals surface area contributed by atoms with Gasteiger partial charge in [0.25, 0.3) is 0 Å². The molecular weight excluding hydrogens is 318 g/mol. The predicted octanol–water partition coefficient (Wildman–Crippen LogP) is 3.92. The molecule has 5 heteroatoms. The van der Waals surface area contributed by atoms with Gasteiger partial charge in [0.15, 0.2) is 0 Å². The number of hydrogen-bond donors (Lipinski definition) is 1. The molecule has 0 saturated heterocycles. The summed E-state index contributed by atoms with van der Waals surface area (Å²) in [4.78, 5) is 20.2. The van der Waals surface area contributed by atoms with Crippen molar-refractivity contribution in [3.05, 3.63) is 66.8 Å². The molecule has 1 aromatic rings. The van der Waals surface area contributed by atoms with E-state index in [0.29, 0.717) is 12.2 Å². The minimum Gasteiger partial charge on any atom is -0.545 e. The average Bonchev–Trinajstić information content (AvgIpc) is 2.56. The van der Waals surface area contributed by atoms with Gasteiger partial charge in [0.2, 0.25) is 0 Å². The molecule has 0 spiro atoms. The van der Waals surface area contributed by atoms with Crippen LogP contribution in [-0.2, 0) is 14.3 Å². The van der Waals surface area contributed by atoms with Gasteiger partial charge in [-0.15, -0.1) is 0 Å². The Kier molecular flexibility index (Phi) is 19.2. The first-order valence-electron chi connectivity index (χ1n) is 7.63. The van der Waals surface area contributed by atoms with Crippen molar-refractivity contribution in [2.75, 3.05) is 6.61 Å². The Bertz CT molecular complexity index is 524. The smallest absolute Gasteiger partial charge is 0.333 e. The van der Waals surface area contributed by atoms with Crippen LogP contribution in [0.4, 0.5) is 0 Å². The number of carboxylic acid groups (broad SMARTS) is 1. The zero-order chi connectivity index (χ0) is 19.0. The van der Waals surface area contributed by atoms with E-state index in [9.17, 15) is 14.7 Å². The summed E-state index contributed by atoms with van der Waals surface area (Å²) in [5.41, 5.74) is 1.71. The first-order valence-corrected chi connectivity index (χ1v) is 7.63. The molecule has 0 atom stereocenters. The van der Waals surface area contributed by atoms with Gasteiger partial charge in [0.05, 0.1) is 12.6 Å². The van der Waals surface area contributed by atoms with Crippen molar-refractivity contribution in [1.29, 1.82) is 0 Å². The standard InChI is InChI=1S/C8H14O2.C8H8.C4H6O2.H3N/c1-4-5-6-10-8(9)7(2)3;1-2-8-6-4-3-5-7-8;1-3(2)4(5)6;/h2,4-6H2,1,3H3;2-7H,1H2;1H2,2H3,(H,5,6);1H3. The summed E-state index contributed by atoms with van der Waals surface area (Å²) < 4.78 is 4.81. The number of unbranched alkanes of at least 4 members (excludes halogenated alkanes) is 1. The molecule has 0 unspecified atom stereocenters. The van der Waals surface area contributed by atoms with Gasteiger partial charge in [-0.25, -0.2) is 4.79 Å². The van der Waals surface area contributed by atoms with Gasteiger partial charge in [-0.05, 0) is 31.4 Å². The molecule has 0 saturated carbocycles. The fourth-order valence-electron chi connectivity index (χ4n) is 1.02. The van der Waals surface area contributed by atoms with Crippen LogP contribution in [0.3, 0.4) is 0 Å². The lowest BCUT2D eigenvalue weighted by atomic mass is 10.2. The van der Waals surface area contributed by atoms with E-state index in [4.69, 9.17) is 4.74 Å². The predicted molar refractivity (Wildman–Crippen MR) is 103 cm³/mol. The normalized spacial score (nSPS) is 8.12. The van der Waals surface area contributed by atoms with E-state index in [2.05, 4.69) is 26.7 Å². The minimum atomic E-state index is -1.19. The second-order valence-electron chi connectivity index (χ2n) is 4.95. The van der Waals surface area contributed by atoms with Gasteiger partial charge in [-0.3, -0.25) is 0 Å². The van der Waals surface area contributed by atoms with Crippen LogP contribution < -0.4 is 11.3 Å². The molecule has 0 aromatic heterocycles. The molecule has 0 aliphatic heterocycles. The van der Waals surface area contributed by atoms with E-state index in [0.717, 1.165) is 12.8 Å². The van der Waals surface area contributed by atoms with Crippen LogP contribution in [0.25, 0.3) is 6.08 Å². The average molecular weight is 349 g/mol. The van der Waals surface area contributed by atoms with Crippen molar-refractivity contribution >= 4 is 18.0 Å². The van der Waals surface area contributed by atoms with Gasteiger partial charge < -0.3 is 20.8 Å². The maximum absolute atomic E-state index is 10.7. The number of esters is 1. The Morgan fingerprint density at radius 2 is 1.60 bits per heavy atom. The first kappa shape index (κ1) is 27.2. The van der Waals surface area contributed by atoms with Crippen LogP contribution in [0.2, 0.25) is 0 Å². The number of quaternary nitrogens is 1. The molecule has 0 radical (unpaired) electrons. The molecule has 0 amide bonds. The summed E-state index contributed by atoms with van der Waals surface area (Å²) in [5, 5.41) is 9.49. The maximum Gasteiger partial charge on any atom is 0.333 e. The van der Waals surface area contributed by atoms with E-state index < -0.39 is 5.97 Å². The Morgan fingerprint density at radius 1 is 1.12 bits per heavy atom. The summed E-state index contributed by atoms with van der Waals surface area (Å²) in [7, 11) is 0. The summed E-state index contributed by atoms with van der Waals surface area (Å²) in [5.74, 6) is -1.47. The quantitative estimate of drug-likeness (QED) is 0.477. The number of ether oxygens (including phenoxy) is 1. The van der Waals surface area contributed by atoms with Crippen LogP contribution in [-0.4, -0.2) is 18.5 Å². The van der Waals surface area contributed by atoms with E-state index >= 15 is 0 Å². The van der Waals surface area contributed by atoms with E-state index in [1.54, 1.807) is 6.92 Å². The highest BCUT2D eigenvalue weighted by Crippen LogP contribution is 1.97. The molecule has 0 heterocycles. The summed E-state index contributed by atoms with van der Waals surface area (Å²) in [6, 6.07) is 10.0. The fourth-order valence-corrected chi connectivity index (χ4v) is 1.02. The Balaban J connectivity index is -0.000000293. The number of carbonyl (C=O) groups excluding carboxylic acids is 2. The summed E-state index contributed by atoms with van der Waals surface area (Å²) in [6.45, 7) is 15.8. The zero-order valence-corrected chi connectivity index (χ0v) is 15.8. The topological polar surface area (TPSA) is 103 Å². The van der Waals surface area contributed by atoms with Crippen LogP contribution in [0.15, 0.2) is 61.2 Å². The van der Waals surface area contributed by atoms with Crippen molar-refractivity contribution < 1.29 is 19.4 Å². The fraction of sp³-hybridized carbons (Fsp3) is 0.300. The molecular formula is C20H31NO4. The molecule has 4 N–H and O–H groups in total. The molecule has 140 valence electrons. The second kappa shape index (κ2) is 17.7. The molecule has 0 aliphatic rings. The Hall–Kier alpha value is -2.66. The Morgan fingerprint density at radius 3 is 1.88 bits per heavy atom. The van der Waals surface area contributed by atoms with Gasteiger partial charge in [-0.1, -0.05) is 69.5 Å². The SMILES string of the molecule is C=C(C)C(=O)OCCCC.C=C(C)C(=O)[O-].C=Cc1ccccc1.[NH4+]. The van der Waals surface area contributed by atoms with E-state index in [1.807, 2.05) is 36.4 Å². The van der Waals surface area contributed by atoms with Crippen LogP contribution in [0, 0.1) is 0 Å². The summed E-state index contributed by atoms with van der Waals surface area (Å²) >= 11 is 0. The van der Waals surface area contributed by atoms with Crippen LogP contribution >= 0.6 is 0 Å². The lowest BCUT2D eigenvalue weighted by Gasteiger charge is -2.01. The van der Waals surface area contributed by atoms with Crippen molar-refractivity contribution in [3.8, 4) is 0 Å². The molecule has 0 aliphatic carbocycles. The lowest BCUT2D eigenvalue weighted by molar-refractivity contribution is -0.299. The molecule has 0 fully saturated rings. The molecule has 25 heavy (non-hydrogen) atoms. The van der Waals surface area contributed by atoms with Crippen molar-refractivity contribution in [1.82, 2.24) is 6.15 Å². The minimum absolute atomic E-state index is 0. The third kappa shape index (κ3) is 19.3. The second-order valence-corrected chi connectivity index (χ2v) is 4.95. The van der Waals surface area contributed by atoms with Crippen LogP contribution in [0.5, 0.6) is 0 Å². The van der Waals surface area contributed by atoms with Crippen LogP contribution in [0.1, 0.15) is 39.2 Å². The molecule has 0 bridgehead atoms.